The van der Waals surface area contributed by atoms with Gasteiger partial charge >= 0.3 is 0 Å². The molecular weight excluding hydrogens is 561 g/mol. The summed E-state index contributed by atoms with van der Waals surface area (Å²) in [5, 5.41) is 0.875. The predicted octanol–water partition coefficient (Wildman–Crippen LogP) is 5.44. The Morgan fingerprint density at radius 2 is 1.87 bits per heavy atom. The summed E-state index contributed by atoms with van der Waals surface area (Å²) < 4.78 is 43.0. The zero-order chi connectivity index (χ0) is 27.6. The molecule has 0 saturated carbocycles. The third-order valence-corrected chi connectivity index (χ3v) is 9.04. The summed E-state index contributed by atoms with van der Waals surface area (Å²) in [6.07, 6.45) is 6.87. The van der Waals surface area contributed by atoms with Gasteiger partial charge in [-0.3, -0.25) is 9.12 Å². The van der Waals surface area contributed by atoms with Gasteiger partial charge in [0.1, 0.15) is 12.4 Å². The Labute approximate surface area is 237 Å². The number of imidazole rings is 1. The van der Waals surface area contributed by atoms with Gasteiger partial charge in [0.25, 0.3) is 15.9 Å². The molecule has 0 aliphatic carbocycles. The van der Waals surface area contributed by atoms with Gasteiger partial charge in [0.05, 0.1) is 22.7 Å². The van der Waals surface area contributed by atoms with Crippen molar-refractivity contribution in [1.29, 1.82) is 0 Å². The van der Waals surface area contributed by atoms with Crippen molar-refractivity contribution >= 4 is 44.7 Å². The van der Waals surface area contributed by atoms with E-state index in [1.54, 1.807) is 41.9 Å². The lowest BCUT2D eigenvalue weighted by Crippen LogP contribution is -2.32. The van der Waals surface area contributed by atoms with Crippen LogP contribution in [0.4, 0.5) is 5.82 Å². The first-order valence-corrected chi connectivity index (χ1v) is 14.8. The lowest BCUT2D eigenvalue weighted by Gasteiger charge is -2.28. The maximum absolute atomic E-state index is 13.3. The molecule has 2 aromatic heterocycles. The minimum absolute atomic E-state index is 0.0576. The van der Waals surface area contributed by atoms with Crippen LogP contribution in [0, 0.1) is 12.8 Å². The quantitative estimate of drug-likeness (QED) is 0.277. The largest absolute Gasteiger partial charge is 0.492 e. The number of halogens is 2. The Morgan fingerprint density at radius 1 is 1.08 bits per heavy atom. The van der Waals surface area contributed by atoms with Crippen LogP contribution in [0.3, 0.4) is 0 Å². The summed E-state index contributed by atoms with van der Waals surface area (Å²) >= 11 is 12.6. The molecule has 3 heterocycles. The molecule has 9 nitrogen and oxygen atoms in total. The summed E-state index contributed by atoms with van der Waals surface area (Å²) in [5.74, 6) is 1.29. The number of rotatable bonds is 9. The predicted molar refractivity (Wildman–Crippen MR) is 151 cm³/mol. The number of anilines is 1. The number of likely N-dealkylation sites (tertiary alicyclic amines) is 1. The minimum Gasteiger partial charge on any atom is -0.492 e. The third-order valence-electron chi connectivity index (χ3n) is 6.83. The minimum atomic E-state index is -4.02. The number of nitrogens with zero attached hydrogens (tertiary/aromatic N) is 4. The molecule has 0 bridgehead atoms. The molecule has 0 amide bonds. The molecule has 206 valence electrons. The fraction of sp³-hybridized carbons (Fsp3) is 0.333. The monoisotopic (exact) mass is 589 g/mol. The number of nitrogens with one attached hydrogen (secondary N) is 1. The molecule has 0 unspecified atom stereocenters. The second-order valence-electron chi connectivity index (χ2n) is 9.65. The highest BCUT2D eigenvalue weighted by Gasteiger charge is 2.23. The van der Waals surface area contributed by atoms with E-state index in [1.165, 1.54) is 12.3 Å². The van der Waals surface area contributed by atoms with E-state index < -0.39 is 10.0 Å². The number of ether oxygens (including phenoxy) is 2. The van der Waals surface area contributed by atoms with Crippen LogP contribution < -0.4 is 14.2 Å². The van der Waals surface area contributed by atoms with E-state index >= 15 is 0 Å². The van der Waals surface area contributed by atoms with Crippen molar-refractivity contribution in [3.63, 3.8) is 0 Å². The van der Waals surface area contributed by atoms with E-state index in [9.17, 15) is 8.42 Å². The maximum Gasteiger partial charge on any atom is 0.263 e. The molecule has 1 aliphatic heterocycles. The Hall–Kier alpha value is -3.05. The van der Waals surface area contributed by atoms with Gasteiger partial charge in [0.15, 0.2) is 11.5 Å². The number of hydrogen-bond donors (Lipinski definition) is 1. The number of benzene rings is 2. The van der Waals surface area contributed by atoms with Crippen molar-refractivity contribution < 1.29 is 17.9 Å². The smallest absolute Gasteiger partial charge is 0.263 e. The molecule has 0 radical (unpaired) electrons. The number of hydrogen-bond acceptors (Lipinski definition) is 7. The van der Waals surface area contributed by atoms with Crippen LogP contribution in [-0.2, 0) is 16.6 Å². The summed E-state index contributed by atoms with van der Waals surface area (Å²) in [4.78, 5) is 10.9. The van der Waals surface area contributed by atoms with E-state index in [2.05, 4.69) is 26.6 Å². The molecule has 39 heavy (non-hydrogen) atoms. The highest BCUT2D eigenvalue weighted by atomic mass is 35.5. The maximum atomic E-state index is 13.3. The Balaban J connectivity index is 1.35. The normalized spacial score (nSPS) is 15.0. The van der Waals surface area contributed by atoms with Crippen molar-refractivity contribution in [2.24, 2.45) is 5.92 Å². The molecule has 1 saturated heterocycles. The average Bonchev–Trinajstić information content (AvgIpc) is 3.40. The number of sulfonamides is 1. The molecule has 12 heteroatoms. The van der Waals surface area contributed by atoms with Crippen LogP contribution in [0.25, 0.3) is 5.65 Å². The first-order chi connectivity index (χ1) is 18.7. The topological polar surface area (TPSA) is 98.1 Å². The van der Waals surface area contributed by atoms with E-state index in [0.717, 1.165) is 31.5 Å². The summed E-state index contributed by atoms with van der Waals surface area (Å²) in [7, 11) is -1.89. The molecule has 2 aromatic carbocycles. The fourth-order valence-electron chi connectivity index (χ4n) is 4.48. The second kappa shape index (κ2) is 11.6. The van der Waals surface area contributed by atoms with Crippen LogP contribution in [0.15, 0.2) is 59.9 Å². The molecular formula is C27H29Cl2N5O4S. The standard InChI is InChI=1S/C27H29Cl2N5O4S/c1-18-21(28)4-3-5-24(18)39(35,36)32-26-27(31-15-25-30-10-13-34(25)26)38-17-20-6-7-22(29)23(14-20)37-16-19-8-11-33(2)12-9-19/h3-7,10,13-15,19,32H,8-9,11-12,16-17H2,1-2H3. The van der Waals surface area contributed by atoms with Gasteiger partial charge in [-0.2, -0.15) is 0 Å². The summed E-state index contributed by atoms with van der Waals surface area (Å²) in [5.41, 5.74) is 1.69. The first-order valence-electron chi connectivity index (χ1n) is 12.5. The average molecular weight is 591 g/mol. The first kappa shape index (κ1) is 27.5. The van der Waals surface area contributed by atoms with Gasteiger partial charge in [-0.05, 0) is 81.2 Å². The molecule has 0 atom stereocenters. The van der Waals surface area contributed by atoms with Crippen LogP contribution in [0.2, 0.25) is 10.0 Å². The van der Waals surface area contributed by atoms with Gasteiger partial charge < -0.3 is 14.4 Å². The summed E-state index contributed by atoms with van der Waals surface area (Å²) in [6.45, 7) is 4.49. The van der Waals surface area contributed by atoms with Gasteiger partial charge in [-0.15, -0.1) is 0 Å². The molecule has 5 rings (SSSR count). The van der Waals surface area contributed by atoms with Crippen LogP contribution >= 0.6 is 23.2 Å². The van der Waals surface area contributed by atoms with Gasteiger partial charge in [-0.1, -0.05) is 35.3 Å². The van der Waals surface area contributed by atoms with Crippen molar-refractivity contribution in [2.45, 2.75) is 31.3 Å². The highest BCUT2D eigenvalue weighted by molar-refractivity contribution is 7.92. The second-order valence-corrected chi connectivity index (χ2v) is 12.1. The Bertz CT molecular complexity index is 1590. The molecule has 1 N–H and O–H groups in total. The van der Waals surface area contributed by atoms with Gasteiger partial charge in [0, 0.05) is 17.4 Å². The zero-order valence-electron chi connectivity index (χ0n) is 21.6. The molecule has 0 spiro atoms. The van der Waals surface area contributed by atoms with Crippen molar-refractivity contribution in [1.82, 2.24) is 19.3 Å². The van der Waals surface area contributed by atoms with Gasteiger partial charge in [0.2, 0.25) is 0 Å². The Kier molecular flexibility index (Phi) is 8.18. The van der Waals surface area contributed by atoms with Gasteiger partial charge in [-0.25, -0.2) is 18.4 Å². The third kappa shape index (κ3) is 6.24. The SMILES string of the molecule is Cc1c(Cl)cccc1S(=O)(=O)Nc1c(OCc2ccc(Cl)c(OCC3CCN(C)CC3)c2)ncc2nccn12. The number of piperidine rings is 1. The van der Waals surface area contributed by atoms with Crippen LogP contribution in [-0.4, -0.2) is 54.4 Å². The zero-order valence-corrected chi connectivity index (χ0v) is 23.9. The lowest BCUT2D eigenvalue weighted by atomic mass is 9.98. The van der Waals surface area contributed by atoms with E-state index in [-0.39, 0.29) is 23.2 Å². The van der Waals surface area contributed by atoms with E-state index in [1.807, 2.05) is 12.1 Å². The lowest BCUT2D eigenvalue weighted by molar-refractivity contribution is 0.160. The number of aromatic nitrogens is 3. The van der Waals surface area contributed by atoms with Crippen molar-refractivity contribution in [2.75, 3.05) is 31.5 Å². The van der Waals surface area contributed by atoms with Crippen LogP contribution in [0.1, 0.15) is 24.0 Å². The summed E-state index contributed by atoms with van der Waals surface area (Å²) in [6, 6.07) is 10.2. The highest BCUT2D eigenvalue weighted by Crippen LogP contribution is 2.31. The molecule has 1 fully saturated rings. The van der Waals surface area contributed by atoms with Crippen LogP contribution in [0.5, 0.6) is 11.6 Å². The fourth-order valence-corrected chi connectivity index (χ4v) is 6.20. The van der Waals surface area contributed by atoms with Crippen molar-refractivity contribution in [3.8, 4) is 11.6 Å². The molecule has 4 aromatic rings. The van der Waals surface area contributed by atoms with E-state index in [4.69, 9.17) is 32.7 Å². The van der Waals surface area contributed by atoms with E-state index in [0.29, 0.717) is 39.5 Å². The molecule has 1 aliphatic rings. The van der Waals surface area contributed by atoms with Crippen molar-refractivity contribution in [3.05, 3.63) is 76.2 Å². The number of fused-ring (bicyclic) bond motifs is 1. The Morgan fingerprint density at radius 3 is 2.67 bits per heavy atom.